The maximum absolute atomic E-state index is 14.2. The second-order valence-corrected chi connectivity index (χ2v) is 14.1. The predicted octanol–water partition coefficient (Wildman–Crippen LogP) is 12.1. The summed E-state index contributed by atoms with van der Waals surface area (Å²) < 4.78 is 0. The average Bonchev–Trinajstić information content (AvgIpc) is 3.59. The van der Waals surface area contributed by atoms with Crippen LogP contribution in [0.2, 0.25) is 0 Å². The number of aryl methyl sites for hydroxylation is 4. The molecule has 0 aliphatic heterocycles. The molecule has 0 aliphatic carbocycles. The molecule has 0 spiro atoms. The molecule has 0 bridgehead atoms. The smallest absolute Gasteiger partial charge is 0.194 e. The van der Waals surface area contributed by atoms with Crippen molar-refractivity contribution in [1.29, 1.82) is 0 Å². The molecular weight excluding hydrogens is 637 g/mol. The van der Waals surface area contributed by atoms with Crippen LogP contribution < -0.4 is 20.7 Å². The first kappa shape index (κ1) is 31.5. The molecule has 250 valence electrons. The van der Waals surface area contributed by atoms with Crippen molar-refractivity contribution < 1.29 is 0 Å². The van der Waals surface area contributed by atoms with Gasteiger partial charge in [-0.1, -0.05) is 82.9 Å². The van der Waals surface area contributed by atoms with Gasteiger partial charge in [-0.3, -0.25) is 9.59 Å². The van der Waals surface area contributed by atoms with Crippen molar-refractivity contribution in [2.75, 3.05) is 9.80 Å². The van der Waals surface area contributed by atoms with Crippen molar-refractivity contribution >= 4 is 77.2 Å². The standard InChI is InChI=1S/C48H36N2O2/c1-29-5-13-33(14-6-29)49(34-15-7-30(2)8-16-34)37-21-23-39-41-27-46-42(28-45(41)47(51)43(39)25-37)40-24-22-38(26-44(40)48(46)52)50(35-17-9-31(3)10-18-35)36-19-11-32(4)12-20-36/h5-28H,1-4H3. The summed E-state index contributed by atoms with van der Waals surface area (Å²) in [5.41, 5.74) is 10.6. The molecule has 4 nitrogen and oxygen atoms in total. The molecule has 9 aromatic carbocycles. The van der Waals surface area contributed by atoms with Crippen molar-refractivity contribution in [2.45, 2.75) is 27.7 Å². The molecule has 9 aromatic rings. The summed E-state index contributed by atoms with van der Waals surface area (Å²) >= 11 is 0. The highest BCUT2D eigenvalue weighted by Crippen LogP contribution is 2.40. The van der Waals surface area contributed by atoms with E-state index in [-0.39, 0.29) is 10.9 Å². The summed E-state index contributed by atoms with van der Waals surface area (Å²) in [7, 11) is 0. The second-order valence-electron chi connectivity index (χ2n) is 14.1. The fourth-order valence-corrected chi connectivity index (χ4v) is 7.57. The largest absolute Gasteiger partial charge is 0.310 e. The van der Waals surface area contributed by atoms with Crippen LogP contribution in [-0.2, 0) is 0 Å². The SMILES string of the molecule is Cc1ccc(N(c2ccc(C)cc2)c2ccc3c(c2)c(=O)c2cc4c(cc23)c(=O)c2cc(N(c3ccc(C)cc3)c3ccc(C)cc3)ccc24)cc1. The summed E-state index contributed by atoms with van der Waals surface area (Å²) in [5.74, 6) is 0. The average molecular weight is 673 g/mol. The van der Waals surface area contributed by atoms with Gasteiger partial charge in [0.25, 0.3) is 0 Å². The molecular formula is C48H36N2O2. The van der Waals surface area contributed by atoms with Gasteiger partial charge in [-0.15, -0.1) is 0 Å². The molecule has 4 heteroatoms. The first-order chi connectivity index (χ1) is 25.2. The number of hydrogen-bond acceptors (Lipinski definition) is 4. The lowest BCUT2D eigenvalue weighted by Crippen LogP contribution is -2.10. The van der Waals surface area contributed by atoms with E-state index < -0.39 is 0 Å². The van der Waals surface area contributed by atoms with E-state index in [1.54, 1.807) is 0 Å². The number of nitrogens with zero attached hydrogens (tertiary/aromatic N) is 2. The Morgan fingerprint density at radius 1 is 0.269 bits per heavy atom. The number of benzene rings is 7. The molecule has 9 rings (SSSR count). The maximum Gasteiger partial charge on any atom is 0.194 e. The van der Waals surface area contributed by atoms with Crippen LogP contribution in [0.25, 0.3) is 43.1 Å². The third-order valence-electron chi connectivity index (χ3n) is 10.4. The van der Waals surface area contributed by atoms with E-state index in [1.807, 2.05) is 36.4 Å². The first-order valence-electron chi connectivity index (χ1n) is 17.7. The number of fused-ring (bicyclic) bond motifs is 6. The Hall–Kier alpha value is -6.52. The Morgan fingerprint density at radius 2 is 0.519 bits per heavy atom. The Bertz CT molecular complexity index is 2600. The maximum atomic E-state index is 14.2. The quantitative estimate of drug-likeness (QED) is 0.176. The minimum absolute atomic E-state index is 0.0233. The van der Waals surface area contributed by atoms with Gasteiger partial charge in [-0.2, -0.15) is 0 Å². The van der Waals surface area contributed by atoms with Crippen LogP contribution in [0, 0.1) is 27.7 Å². The summed E-state index contributed by atoms with van der Waals surface area (Å²) in [6, 6.07) is 49.8. The molecule has 0 N–H and O–H groups in total. The van der Waals surface area contributed by atoms with Gasteiger partial charge in [0.1, 0.15) is 0 Å². The minimum atomic E-state index is -0.0233. The molecule has 0 radical (unpaired) electrons. The normalized spacial score (nSPS) is 11.6. The van der Waals surface area contributed by atoms with E-state index in [4.69, 9.17) is 0 Å². The first-order valence-corrected chi connectivity index (χ1v) is 17.7. The third kappa shape index (κ3) is 5.15. The zero-order valence-corrected chi connectivity index (χ0v) is 29.6. The van der Waals surface area contributed by atoms with E-state index in [0.29, 0.717) is 21.5 Å². The van der Waals surface area contributed by atoms with Gasteiger partial charge in [0.05, 0.1) is 0 Å². The lowest BCUT2D eigenvalue weighted by molar-refractivity contribution is 1.27. The fraction of sp³-hybridized carbons (Fsp3) is 0.0833. The van der Waals surface area contributed by atoms with Gasteiger partial charge < -0.3 is 9.80 Å². The van der Waals surface area contributed by atoms with Crippen LogP contribution in [0.1, 0.15) is 22.3 Å². The topological polar surface area (TPSA) is 40.6 Å². The molecule has 0 aliphatic rings. The summed E-state index contributed by atoms with van der Waals surface area (Å²) in [5, 5.41) is 5.89. The highest BCUT2D eigenvalue weighted by molar-refractivity contribution is 6.22. The lowest BCUT2D eigenvalue weighted by Gasteiger charge is -2.26. The van der Waals surface area contributed by atoms with E-state index in [9.17, 15) is 9.59 Å². The van der Waals surface area contributed by atoms with Crippen LogP contribution in [0.4, 0.5) is 34.1 Å². The van der Waals surface area contributed by atoms with Gasteiger partial charge >= 0.3 is 0 Å². The van der Waals surface area contributed by atoms with Crippen LogP contribution >= 0.6 is 0 Å². The van der Waals surface area contributed by atoms with Crippen LogP contribution in [0.3, 0.4) is 0 Å². The monoisotopic (exact) mass is 672 g/mol. The van der Waals surface area contributed by atoms with Crippen LogP contribution in [0.5, 0.6) is 0 Å². The zero-order valence-electron chi connectivity index (χ0n) is 29.6. The summed E-state index contributed by atoms with van der Waals surface area (Å²) in [6.07, 6.45) is 0. The third-order valence-corrected chi connectivity index (χ3v) is 10.4. The van der Waals surface area contributed by atoms with Crippen molar-refractivity contribution in [3.05, 3.63) is 188 Å². The van der Waals surface area contributed by atoms with Crippen LogP contribution in [0.15, 0.2) is 155 Å². The second kappa shape index (κ2) is 12.1. The van der Waals surface area contributed by atoms with E-state index in [0.717, 1.165) is 55.7 Å². The Kier molecular flexibility index (Phi) is 7.30. The van der Waals surface area contributed by atoms with Crippen LogP contribution in [-0.4, -0.2) is 0 Å². The number of rotatable bonds is 6. The highest BCUT2D eigenvalue weighted by atomic mass is 16.1. The summed E-state index contributed by atoms with van der Waals surface area (Å²) in [4.78, 5) is 32.8. The molecule has 0 atom stereocenters. The molecule has 0 aromatic heterocycles. The van der Waals surface area contributed by atoms with Gasteiger partial charge in [0.2, 0.25) is 0 Å². The van der Waals surface area contributed by atoms with Crippen molar-refractivity contribution in [3.63, 3.8) is 0 Å². The fourth-order valence-electron chi connectivity index (χ4n) is 7.57. The Balaban J connectivity index is 1.19. The van der Waals surface area contributed by atoms with E-state index >= 15 is 0 Å². The number of hydrogen-bond donors (Lipinski definition) is 0. The Morgan fingerprint density at radius 3 is 0.808 bits per heavy atom. The molecule has 0 saturated carbocycles. The highest BCUT2D eigenvalue weighted by Gasteiger charge is 2.21. The predicted molar refractivity (Wildman–Crippen MR) is 220 cm³/mol. The molecule has 0 amide bonds. The molecule has 0 saturated heterocycles. The zero-order chi connectivity index (χ0) is 35.7. The van der Waals surface area contributed by atoms with Gasteiger partial charge in [-0.25, -0.2) is 0 Å². The molecule has 0 fully saturated rings. The minimum Gasteiger partial charge on any atom is -0.310 e. The van der Waals surface area contributed by atoms with Crippen molar-refractivity contribution in [3.8, 4) is 0 Å². The Labute approximate surface area is 302 Å². The molecule has 0 unspecified atom stereocenters. The summed E-state index contributed by atoms with van der Waals surface area (Å²) in [6.45, 7) is 8.32. The number of anilines is 6. The van der Waals surface area contributed by atoms with E-state index in [1.165, 1.54) is 22.3 Å². The molecule has 0 heterocycles. The van der Waals surface area contributed by atoms with E-state index in [2.05, 4.69) is 147 Å². The van der Waals surface area contributed by atoms with Crippen molar-refractivity contribution in [1.82, 2.24) is 0 Å². The lowest BCUT2D eigenvalue weighted by atomic mass is 10.1. The van der Waals surface area contributed by atoms with Gasteiger partial charge in [0, 0.05) is 55.7 Å². The van der Waals surface area contributed by atoms with Gasteiger partial charge in [-0.05, 0) is 134 Å². The van der Waals surface area contributed by atoms with Crippen molar-refractivity contribution in [2.24, 2.45) is 0 Å². The molecule has 52 heavy (non-hydrogen) atoms. The van der Waals surface area contributed by atoms with Gasteiger partial charge in [0.15, 0.2) is 10.9 Å².